The van der Waals surface area contributed by atoms with Gasteiger partial charge in [-0.3, -0.25) is 0 Å². The SMILES string of the molecule is CC(C)NS(=O)(=O)c1ccccc1NCCN(C)C(C)C. The summed E-state index contributed by atoms with van der Waals surface area (Å²) in [6.07, 6.45) is 0. The first-order valence-electron chi connectivity index (χ1n) is 7.29. The largest absolute Gasteiger partial charge is 0.383 e. The van der Waals surface area contributed by atoms with E-state index >= 15 is 0 Å². The van der Waals surface area contributed by atoms with Gasteiger partial charge in [0, 0.05) is 25.2 Å². The van der Waals surface area contributed by atoms with Gasteiger partial charge in [-0.05, 0) is 46.9 Å². The minimum absolute atomic E-state index is 0.130. The minimum Gasteiger partial charge on any atom is -0.383 e. The van der Waals surface area contributed by atoms with Gasteiger partial charge in [-0.25, -0.2) is 13.1 Å². The molecule has 6 heteroatoms. The molecule has 0 amide bonds. The third-order valence-electron chi connectivity index (χ3n) is 3.23. The van der Waals surface area contributed by atoms with E-state index in [1.165, 1.54) is 0 Å². The molecular formula is C15H27N3O2S. The maximum Gasteiger partial charge on any atom is 0.242 e. The average molecular weight is 313 g/mol. The van der Waals surface area contributed by atoms with E-state index in [-0.39, 0.29) is 6.04 Å². The number of hydrogen-bond donors (Lipinski definition) is 2. The molecule has 1 aromatic rings. The second-order valence-electron chi connectivity index (χ2n) is 5.77. The zero-order valence-corrected chi connectivity index (χ0v) is 14.4. The van der Waals surface area contributed by atoms with Crippen LogP contribution in [0.1, 0.15) is 27.7 Å². The molecule has 0 bridgehead atoms. The Morgan fingerprint density at radius 3 is 2.33 bits per heavy atom. The van der Waals surface area contributed by atoms with Gasteiger partial charge in [0.1, 0.15) is 4.90 Å². The van der Waals surface area contributed by atoms with Crippen LogP contribution >= 0.6 is 0 Å². The fourth-order valence-corrected chi connectivity index (χ4v) is 3.28. The van der Waals surface area contributed by atoms with Crippen LogP contribution in [0.25, 0.3) is 0 Å². The van der Waals surface area contributed by atoms with Crippen LogP contribution in [0.4, 0.5) is 5.69 Å². The maximum atomic E-state index is 12.3. The summed E-state index contributed by atoms with van der Waals surface area (Å²) in [6, 6.07) is 7.33. The van der Waals surface area contributed by atoms with E-state index in [2.05, 4.69) is 35.8 Å². The molecule has 0 fully saturated rings. The molecule has 21 heavy (non-hydrogen) atoms. The van der Waals surface area contributed by atoms with Gasteiger partial charge in [-0.15, -0.1) is 0 Å². The van der Waals surface area contributed by atoms with Crippen LogP contribution in [0.3, 0.4) is 0 Å². The predicted octanol–water partition coefficient (Wildman–Crippen LogP) is 2.13. The molecule has 0 aromatic heterocycles. The normalized spacial score (nSPS) is 12.4. The number of para-hydroxylation sites is 1. The molecule has 0 heterocycles. The Bertz CT molecular complexity index is 542. The molecule has 0 aliphatic rings. The van der Waals surface area contributed by atoms with Gasteiger partial charge < -0.3 is 10.2 Å². The zero-order chi connectivity index (χ0) is 16.0. The van der Waals surface area contributed by atoms with E-state index in [9.17, 15) is 8.42 Å². The highest BCUT2D eigenvalue weighted by atomic mass is 32.2. The second kappa shape index (κ2) is 7.77. The highest BCUT2D eigenvalue weighted by molar-refractivity contribution is 7.89. The van der Waals surface area contributed by atoms with Crippen molar-refractivity contribution >= 4 is 15.7 Å². The Kier molecular flexibility index (Phi) is 6.64. The van der Waals surface area contributed by atoms with E-state index in [0.29, 0.717) is 23.2 Å². The van der Waals surface area contributed by atoms with Gasteiger partial charge >= 0.3 is 0 Å². The summed E-state index contributed by atoms with van der Waals surface area (Å²) in [6.45, 7) is 9.43. The highest BCUT2D eigenvalue weighted by Crippen LogP contribution is 2.20. The molecule has 0 aliphatic carbocycles. The van der Waals surface area contributed by atoms with E-state index in [1.807, 2.05) is 19.9 Å². The molecule has 120 valence electrons. The van der Waals surface area contributed by atoms with E-state index in [4.69, 9.17) is 0 Å². The van der Waals surface area contributed by atoms with Crippen molar-refractivity contribution in [1.29, 1.82) is 0 Å². The van der Waals surface area contributed by atoms with Crippen molar-refractivity contribution in [3.05, 3.63) is 24.3 Å². The minimum atomic E-state index is -3.48. The second-order valence-corrected chi connectivity index (χ2v) is 7.46. The Morgan fingerprint density at radius 2 is 1.76 bits per heavy atom. The molecular weight excluding hydrogens is 286 g/mol. The number of nitrogens with one attached hydrogen (secondary N) is 2. The van der Waals surface area contributed by atoms with Crippen LogP contribution in [-0.2, 0) is 10.0 Å². The number of hydrogen-bond acceptors (Lipinski definition) is 4. The van der Waals surface area contributed by atoms with Crippen LogP contribution in [0.5, 0.6) is 0 Å². The van der Waals surface area contributed by atoms with Crippen molar-refractivity contribution in [3.63, 3.8) is 0 Å². The fourth-order valence-electron chi connectivity index (χ4n) is 1.85. The summed E-state index contributed by atoms with van der Waals surface area (Å²) in [5.41, 5.74) is 0.641. The monoisotopic (exact) mass is 313 g/mol. The number of benzene rings is 1. The van der Waals surface area contributed by atoms with Crippen molar-refractivity contribution in [2.75, 3.05) is 25.5 Å². The summed E-state index contributed by atoms with van der Waals surface area (Å²) in [5.74, 6) is 0. The molecule has 0 saturated heterocycles. The summed E-state index contributed by atoms with van der Waals surface area (Å²) in [4.78, 5) is 2.50. The summed E-state index contributed by atoms with van der Waals surface area (Å²) in [5, 5.41) is 3.22. The predicted molar refractivity (Wildman–Crippen MR) is 88.2 cm³/mol. The first kappa shape index (κ1) is 17.9. The van der Waals surface area contributed by atoms with Gasteiger partial charge in [0.2, 0.25) is 10.0 Å². The van der Waals surface area contributed by atoms with Crippen LogP contribution in [-0.4, -0.2) is 45.5 Å². The zero-order valence-electron chi connectivity index (χ0n) is 13.6. The molecule has 0 unspecified atom stereocenters. The van der Waals surface area contributed by atoms with Gasteiger partial charge in [0.25, 0.3) is 0 Å². The molecule has 0 atom stereocenters. The van der Waals surface area contributed by atoms with Gasteiger partial charge in [-0.1, -0.05) is 12.1 Å². The van der Waals surface area contributed by atoms with Crippen LogP contribution < -0.4 is 10.0 Å². The molecule has 0 aliphatic heterocycles. The average Bonchev–Trinajstić information content (AvgIpc) is 2.37. The molecule has 0 saturated carbocycles. The number of sulfonamides is 1. The van der Waals surface area contributed by atoms with Crippen LogP contribution in [0.15, 0.2) is 29.2 Å². The van der Waals surface area contributed by atoms with E-state index in [0.717, 1.165) is 6.54 Å². The van der Waals surface area contributed by atoms with Gasteiger partial charge in [0.05, 0.1) is 5.69 Å². The van der Waals surface area contributed by atoms with Crippen molar-refractivity contribution in [2.45, 2.75) is 44.7 Å². The Hall–Kier alpha value is -1.11. The molecule has 0 spiro atoms. The smallest absolute Gasteiger partial charge is 0.242 e. The fraction of sp³-hybridized carbons (Fsp3) is 0.600. The van der Waals surface area contributed by atoms with Crippen molar-refractivity contribution in [2.24, 2.45) is 0 Å². The van der Waals surface area contributed by atoms with Crippen LogP contribution in [0, 0.1) is 0 Å². The first-order chi connectivity index (χ1) is 9.74. The number of nitrogens with zero attached hydrogens (tertiary/aromatic N) is 1. The lowest BCUT2D eigenvalue weighted by Gasteiger charge is -2.22. The lowest BCUT2D eigenvalue weighted by molar-refractivity contribution is 0.284. The van der Waals surface area contributed by atoms with Crippen molar-refractivity contribution in [3.8, 4) is 0 Å². The third-order valence-corrected chi connectivity index (χ3v) is 4.95. The third kappa shape index (κ3) is 5.65. The number of anilines is 1. The Morgan fingerprint density at radius 1 is 1.14 bits per heavy atom. The number of likely N-dealkylation sites (N-methyl/N-ethyl adjacent to an activating group) is 1. The van der Waals surface area contributed by atoms with Gasteiger partial charge in [-0.2, -0.15) is 0 Å². The quantitative estimate of drug-likeness (QED) is 0.772. The number of rotatable bonds is 8. The first-order valence-corrected chi connectivity index (χ1v) is 8.78. The molecule has 1 aromatic carbocycles. The molecule has 1 rings (SSSR count). The maximum absolute atomic E-state index is 12.3. The van der Waals surface area contributed by atoms with Crippen LogP contribution in [0.2, 0.25) is 0 Å². The molecule has 0 radical (unpaired) electrons. The summed E-state index contributed by atoms with van der Waals surface area (Å²) < 4.78 is 27.2. The Balaban J connectivity index is 2.81. The Labute approximate surface area is 128 Å². The highest BCUT2D eigenvalue weighted by Gasteiger charge is 2.18. The lowest BCUT2D eigenvalue weighted by Crippen LogP contribution is -2.32. The standard InChI is InChI=1S/C15H27N3O2S/c1-12(2)17-21(19,20)15-9-7-6-8-14(15)16-10-11-18(5)13(3)4/h6-9,12-13,16-17H,10-11H2,1-5H3. The molecule has 2 N–H and O–H groups in total. The topological polar surface area (TPSA) is 61.4 Å². The summed E-state index contributed by atoms with van der Waals surface area (Å²) >= 11 is 0. The molecule has 5 nitrogen and oxygen atoms in total. The summed E-state index contributed by atoms with van der Waals surface area (Å²) in [7, 11) is -1.43. The van der Waals surface area contributed by atoms with E-state index in [1.54, 1.807) is 18.2 Å². The van der Waals surface area contributed by atoms with Crippen molar-refractivity contribution in [1.82, 2.24) is 9.62 Å². The van der Waals surface area contributed by atoms with Crippen molar-refractivity contribution < 1.29 is 8.42 Å². The van der Waals surface area contributed by atoms with E-state index < -0.39 is 10.0 Å². The lowest BCUT2D eigenvalue weighted by atomic mass is 10.3. The van der Waals surface area contributed by atoms with Gasteiger partial charge in [0.15, 0.2) is 0 Å².